The Labute approximate surface area is 147 Å². The van der Waals surface area contributed by atoms with E-state index in [9.17, 15) is 9.59 Å². The Morgan fingerprint density at radius 3 is 2.58 bits per heavy atom. The normalized spacial score (nSPS) is 10.5. The molecule has 0 saturated heterocycles. The molecule has 0 radical (unpaired) electrons. The summed E-state index contributed by atoms with van der Waals surface area (Å²) in [5.74, 6) is 0.0281. The number of ether oxygens (including phenoxy) is 2. The van der Waals surface area contributed by atoms with E-state index in [-0.39, 0.29) is 12.3 Å². The topological polar surface area (TPSA) is 84.9 Å². The lowest BCUT2D eigenvalue weighted by Gasteiger charge is -2.15. The number of carbonyl (C=O) groups excluding carboxylic acids is 1. The molecule has 7 heteroatoms. The summed E-state index contributed by atoms with van der Waals surface area (Å²) in [6.45, 7) is 4.93. The van der Waals surface area contributed by atoms with E-state index in [1.807, 2.05) is 13.8 Å². The first-order chi connectivity index (χ1) is 11.3. The predicted octanol–water partition coefficient (Wildman–Crippen LogP) is 3.37. The highest BCUT2D eigenvalue weighted by atomic mass is 35.5. The van der Waals surface area contributed by atoms with Crippen LogP contribution in [-0.4, -0.2) is 37.2 Å². The molecule has 0 spiro atoms. The minimum Gasteiger partial charge on any atom is -0.493 e. The summed E-state index contributed by atoms with van der Waals surface area (Å²) < 4.78 is 10.9. The lowest BCUT2D eigenvalue weighted by molar-refractivity contribution is -0.137. The summed E-state index contributed by atoms with van der Waals surface area (Å²) >= 11 is 6.21. The number of aliphatic carboxylic acids is 1. The molecule has 0 unspecified atom stereocenters. The number of nitrogens with one attached hydrogen (secondary N) is 1. The fourth-order valence-electron chi connectivity index (χ4n) is 1.95. The number of halogens is 1. The number of hydrogen-bond donors (Lipinski definition) is 2. The highest BCUT2D eigenvalue weighted by Crippen LogP contribution is 2.36. The maximum absolute atomic E-state index is 12.2. The van der Waals surface area contributed by atoms with Gasteiger partial charge in [0.2, 0.25) is 0 Å². The van der Waals surface area contributed by atoms with Gasteiger partial charge in [0.25, 0.3) is 5.91 Å². The molecule has 2 N–H and O–H groups in total. The molecule has 0 saturated carbocycles. The zero-order chi connectivity index (χ0) is 18.1. The van der Waals surface area contributed by atoms with Crippen molar-refractivity contribution < 1.29 is 24.2 Å². The minimum absolute atomic E-state index is 0.0947. The van der Waals surface area contributed by atoms with Gasteiger partial charge in [0.1, 0.15) is 0 Å². The average molecular weight is 358 g/mol. The van der Waals surface area contributed by atoms with Gasteiger partial charge in [-0.1, -0.05) is 25.4 Å². The molecule has 0 heterocycles. The van der Waals surface area contributed by atoms with Crippen molar-refractivity contribution >= 4 is 23.5 Å². The number of unbranched alkanes of at least 4 members (excludes halogenated alkanes) is 1. The number of hydrogen-bond acceptors (Lipinski definition) is 4. The Hall–Kier alpha value is -1.95. The number of rotatable bonds is 10. The van der Waals surface area contributed by atoms with Gasteiger partial charge >= 0.3 is 5.97 Å². The first-order valence-electron chi connectivity index (χ1n) is 7.85. The lowest BCUT2D eigenvalue weighted by atomic mass is 10.1. The molecule has 0 fully saturated rings. The summed E-state index contributed by atoms with van der Waals surface area (Å²) in [5, 5.41) is 11.6. The predicted molar refractivity (Wildman–Crippen MR) is 92.2 cm³/mol. The second-order valence-corrected chi connectivity index (χ2v) is 6.21. The number of carboxylic acids is 1. The van der Waals surface area contributed by atoms with Gasteiger partial charge in [-0.25, -0.2) is 0 Å². The third kappa shape index (κ3) is 6.66. The molecule has 6 nitrogen and oxygen atoms in total. The summed E-state index contributed by atoms with van der Waals surface area (Å²) in [6, 6.07) is 3.11. The molecule has 1 rings (SSSR count). The Bertz CT molecular complexity index is 574. The van der Waals surface area contributed by atoms with E-state index in [1.54, 1.807) is 6.07 Å². The molecule has 1 amide bonds. The van der Waals surface area contributed by atoms with E-state index in [2.05, 4.69) is 5.32 Å². The van der Waals surface area contributed by atoms with Gasteiger partial charge in [-0.2, -0.15) is 0 Å². The standard InChI is InChI=1S/C17H24ClNO5/c1-11(2)10-24-16-13(18)8-12(9-14(16)23-3)17(22)19-7-5-4-6-15(20)21/h8-9,11H,4-7,10H2,1-3H3,(H,19,22)(H,20,21). The second-order valence-electron chi connectivity index (χ2n) is 5.80. The van der Waals surface area contributed by atoms with Crippen LogP contribution in [0.5, 0.6) is 11.5 Å². The van der Waals surface area contributed by atoms with Crippen molar-refractivity contribution in [2.45, 2.75) is 33.1 Å². The molecule has 0 aliphatic carbocycles. The monoisotopic (exact) mass is 357 g/mol. The number of methoxy groups -OCH3 is 1. The van der Waals surface area contributed by atoms with Crippen molar-refractivity contribution in [3.05, 3.63) is 22.7 Å². The molecule has 0 bridgehead atoms. The van der Waals surface area contributed by atoms with Crippen molar-refractivity contribution in [1.82, 2.24) is 5.32 Å². The molecular weight excluding hydrogens is 334 g/mol. The van der Waals surface area contributed by atoms with Crippen LogP contribution in [0, 0.1) is 5.92 Å². The van der Waals surface area contributed by atoms with Crippen molar-refractivity contribution in [3.63, 3.8) is 0 Å². The SMILES string of the molecule is COc1cc(C(=O)NCCCCC(=O)O)cc(Cl)c1OCC(C)C. The zero-order valence-electron chi connectivity index (χ0n) is 14.2. The molecule has 134 valence electrons. The highest BCUT2D eigenvalue weighted by Gasteiger charge is 2.16. The summed E-state index contributed by atoms with van der Waals surface area (Å²) in [4.78, 5) is 22.6. The third-order valence-corrected chi connectivity index (χ3v) is 3.44. The lowest BCUT2D eigenvalue weighted by Crippen LogP contribution is -2.24. The van der Waals surface area contributed by atoms with Crippen LogP contribution in [0.4, 0.5) is 0 Å². The molecule has 0 aromatic heterocycles. The summed E-state index contributed by atoms with van der Waals surface area (Å²) in [5.41, 5.74) is 0.368. The van der Waals surface area contributed by atoms with Gasteiger partial charge in [0, 0.05) is 18.5 Å². The fourth-order valence-corrected chi connectivity index (χ4v) is 2.21. The van der Waals surface area contributed by atoms with Crippen LogP contribution in [0.15, 0.2) is 12.1 Å². The van der Waals surface area contributed by atoms with Crippen LogP contribution in [0.1, 0.15) is 43.5 Å². The smallest absolute Gasteiger partial charge is 0.303 e. The number of carbonyl (C=O) groups is 2. The van der Waals surface area contributed by atoms with Gasteiger partial charge < -0.3 is 19.9 Å². The van der Waals surface area contributed by atoms with Gasteiger partial charge in [0.15, 0.2) is 11.5 Å². The van der Waals surface area contributed by atoms with E-state index in [0.717, 1.165) is 0 Å². The van der Waals surface area contributed by atoms with E-state index in [0.29, 0.717) is 54.0 Å². The first-order valence-corrected chi connectivity index (χ1v) is 8.23. The van der Waals surface area contributed by atoms with E-state index in [1.165, 1.54) is 13.2 Å². The fraction of sp³-hybridized carbons (Fsp3) is 0.529. The van der Waals surface area contributed by atoms with E-state index >= 15 is 0 Å². The maximum atomic E-state index is 12.2. The highest BCUT2D eigenvalue weighted by molar-refractivity contribution is 6.32. The molecule has 1 aromatic carbocycles. The number of carboxylic acid groups (broad SMARTS) is 1. The van der Waals surface area contributed by atoms with Gasteiger partial charge in [-0.15, -0.1) is 0 Å². The first kappa shape index (κ1) is 20.1. The molecule has 0 atom stereocenters. The Balaban J connectivity index is 2.69. The number of amides is 1. The van der Waals surface area contributed by atoms with Crippen molar-refractivity contribution in [3.8, 4) is 11.5 Å². The van der Waals surface area contributed by atoms with Crippen molar-refractivity contribution in [1.29, 1.82) is 0 Å². The number of benzene rings is 1. The quantitative estimate of drug-likeness (QED) is 0.627. The Morgan fingerprint density at radius 1 is 1.29 bits per heavy atom. The van der Waals surface area contributed by atoms with Crippen LogP contribution < -0.4 is 14.8 Å². The van der Waals surface area contributed by atoms with Gasteiger partial charge in [-0.3, -0.25) is 9.59 Å². The van der Waals surface area contributed by atoms with Crippen LogP contribution >= 0.6 is 11.6 Å². The molecule has 1 aromatic rings. The minimum atomic E-state index is -0.838. The van der Waals surface area contributed by atoms with E-state index in [4.69, 9.17) is 26.2 Å². The molecule has 24 heavy (non-hydrogen) atoms. The van der Waals surface area contributed by atoms with Gasteiger partial charge in [0.05, 0.1) is 18.7 Å². The van der Waals surface area contributed by atoms with E-state index < -0.39 is 5.97 Å². The Morgan fingerprint density at radius 2 is 2.00 bits per heavy atom. The average Bonchev–Trinajstić information content (AvgIpc) is 2.51. The summed E-state index contributed by atoms with van der Waals surface area (Å²) in [6.07, 6.45) is 1.21. The maximum Gasteiger partial charge on any atom is 0.303 e. The molecular formula is C17H24ClNO5. The van der Waals surface area contributed by atoms with Crippen molar-refractivity contribution in [2.24, 2.45) is 5.92 Å². The zero-order valence-corrected chi connectivity index (χ0v) is 15.0. The largest absolute Gasteiger partial charge is 0.493 e. The van der Waals surface area contributed by atoms with Gasteiger partial charge in [-0.05, 0) is 30.9 Å². The summed E-state index contributed by atoms with van der Waals surface area (Å²) in [7, 11) is 1.49. The molecule has 0 aliphatic rings. The molecule has 0 aliphatic heterocycles. The van der Waals surface area contributed by atoms with Crippen LogP contribution in [0.3, 0.4) is 0 Å². The second kappa shape index (κ2) is 10.0. The van der Waals surface area contributed by atoms with Crippen LogP contribution in [-0.2, 0) is 4.79 Å². The van der Waals surface area contributed by atoms with Crippen molar-refractivity contribution in [2.75, 3.05) is 20.3 Å². The third-order valence-electron chi connectivity index (χ3n) is 3.16. The van der Waals surface area contributed by atoms with Crippen LogP contribution in [0.25, 0.3) is 0 Å². The Kier molecular flexibility index (Phi) is 8.40. The van der Waals surface area contributed by atoms with Crippen LogP contribution in [0.2, 0.25) is 5.02 Å².